The van der Waals surface area contributed by atoms with E-state index in [9.17, 15) is 4.39 Å². The third kappa shape index (κ3) is 8.23. The fourth-order valence-electron chi connectivity index (χ4n) is 4.00. The van der Waals surface area contributed by atoms with E-state index in [4.69, 9.17) is 4.74 Å². The van der Waals surface area contributed by atoms with Crippen LogP contribution < -0.4 is 4.74 Å². The number of rotatable bonds is 14. The number of unbranched alkanes of at least 4 members (excludes halogenated alkanes) is 5. The number of halogens is 1. The minimum absolute atomic E-state index is 0.0748. The van der Waals surface area contributed by atoms with Crippen molar-refractivity contribution in [3.8, 4) is 28.3 Å². The van der Waals surface area contributed by atoms with Gasteiger partial charge in [-0.05, 0) is 49.4 Å². The zero-order valence-electron chi connectivity index (χ0n) is 21.0. The fourth-order valence-corrected chi connectivity index (χ4v) is 4.00. The number of ether oxygens (including phenoxy) is 1. The van der Waals surface area contributed by atoms with Gasteiger partial charge >= 0.3 is 0 Å². The van der Waals surface area contributed by atoms with Crippen LogP contribution in [0.2, 0.25) is 0 Å². The van der Waals surface area contributed by atoms with Gasteiger partial charge in [-0.2, -0.15) is 0 Å². The van der Waals surface area contributed by atoms with E-state index in [0.29, 0.717) is 12.2 Å². The Morgan fingerprint density at radius 1 is 0.735 bits per heavy atom. The first kappa shape index (κ1) is 25.9. The second kappa shape index (κ2) is 13.2. The van der Waals surface area contributed by atoms with Gasteiger partial charge in [0.25, 0.3) is 0 Å². The highest BCUT2D eigenvalue weighted by Gasteiger charge is 2.23. The zero-order chi connectivity index (χ0) is 24.2. The summed E-state index contributed by atoms with van der Waals surface area (Å²) in [4.78, 5) is 9.15. The van der Waals surface area contributed by atoms with Crippen molar-refractivity contribution < 1.29 is 9.13 Å². The normalized spacial score (nSPS) is 12.9. The van der Waals surface area contributed by atoms with E-state index in [1.807, 2.05) is 36.7 Å². The number of nitrogens with zero attached hydrogens (tertiary/aromatic N) is 2. The highest BCUT2D eigenvalue weighted by atomic mass is 19.1. The molecule has 0 aliphatic rings. The molecule has 0 unspecified atom stereocenters. The maximum Gasteiger partial charge on any atom is 0.159 e. The zero-order valence-corrected chi connectivity index (χ0v) is 21.0. The number of aromatic nitrogens is 2. The standard InChI is InChI=1S/C30H39FN2O/c1-4-6-8-9-11-24-12-14-26(15-13-24)29-32-21-27(22-33-29)25-16-18-28(19-17-25)34-23-30(3,31)20-10-7-5-2/h12-19,21-22H,4-11,20,23H2,1-3H3/t30-/m0/s1. The molecule has 0 spiro atoms. The molecule has 0 fully saturated rings. The van der Waals surface area contributed by atoms with Crippen molar-refractivity contribution in [1.82, 2.24) is 9.97 Å². The molecule has 2 aromatic carbocycles. The van der Waals surface area contributed by atoms with E-state index in [2.05, 4.69) is 48.1 Å². The van der Waals surface area contributed by atoms with E-state index >= 15 is 0 Å². The molecule has 0 saturated carbocycles. The number of aryl methyl sites for hydroxylation is 1. The Morgan fingerprint density at radius 2 is 1.35 bits per heavy atom. The number of hydrogen-bond acceptors (Lipinski definition) is 3. The van der Waals surface area contributed by atoms with Crippen LogP contribution >= 0.6 is 0 Å². The van der Waals surface area contributed by atoms with Gasteiger partial charge < -0.3 is 4.74 Å². The van der Waals surface area contributed by atoms with Gasteiger partial charge in [0.1, 0.15) is 18.0 Å². The first-order chi connectivity index (χ1) is 16.5. The molecule has 0 amide bonds. The highest BCUT2D eigenvalue weighted by molar-refractivity contribution is 5.64. The van der Waals surface area contributed by atoms with E-state index in [1.165, 1.54) is 31.2 Å². The van der Waals surface area contributed by atoms with Crippen LogP contribution in [0.25, 0.3) is 22.5 Å². The third-order valence-electron chi connectivity index (χ3n) is 6.21. The quantitative estimate of drug-likeness (QED) is 0.225. The van der Waals surface area contributed by atoms with E-state index in [1.54, 1.807) is 6.92 Å². The van der Waals surface area contributed by atoms with Gasteiger partial charge in [-0.25, -0.2) is 14.4 Å². The summed E-state index contributed by atoms with van der Waals surface area (Å²) in [6.45, 7) is 6.06. The van der Waals surface area contributed by atoms with E-state index in [-0.39, 0.29) is 6.61 Å². The summed E-state index contributed by atoms with van der Waals surface area (Å²) in [5.41, 5.74) is 3.05. The summed E-state index contributed by atoms with van der Waals surface area (Å²) >= 11 is 0. The number of benzene rings is 2. The molecular formula is C30H39FN2O. The molecule has 182 valence electrons. The molecule has 3 aromatic rings. The molecule has 0 N–H and O–H groups in total. The maximum absolute atomic E-state index is 14.6. The average Bonchev–Trinajstić information content (AvgIpc) is 2.86. The largest absolute Gasteiger partial charge is 0.490 e. The van der Waals surface area contributed by atoms with Gasteiger partial charge in [0.05, 0.1) is 0 Å². The topological polar surface area (TPSA) is 35.0 Å². The molecule has 0 aliphatic heterocycles. The molecule has 0 saturated heterocycles. The second-order valence-corrected chi connectivity index (χ2v) is 9.49. The average molecular weight is 463 g/mol. The lowest BCUT2D eigenvalue weighted by Crippen LogP contribution is -2.27. The summed E-state index contributed by atoms with van der Waals surface area (Å²) in [6, 6.07) is 16.3. The summed E-state index contributed by atoms with van der Waals surface area (Å²) in [6.07, 6.45) is 13.5. The Kier molecular flexibility index (Phi) is 10.1. The molecule has 3 nitrogen and oxygen atoms in total. The minimum Gasteiger partial charge on any atom is -0.490 e. The molecule has 34 heavy (non-hydrogen) atoms. The summed E-state index contributed by atoms with van der Waals surface area (Å²) in [5, 5.41) is 0. The Labute approximate surface area is 204 Å². The number of hydrogen-bond donors (Lipinski definition) is 0. The molecule has 1 atom stereocenters. The molecule has 3 rings (SSSR count). The van der Waals surface area contributed by atoms with E-state index < -0.39 is 5.67 Å². The van der Waals surface area contributed by atoms with Crippen LogP contribution in [-0.4, -0.2) is 22.2 Å². The van der Waals surface area contributed by atoms with E-state index in [0.717, 1.165) is 48.2 Å². The third-order valence-corrected chi connectivity index (χ3v) is 6.21. The lowest BCUT2D eigenvalue weighted by atomic mass is 10.0. The first-order valence-corrected chi connectivity index (χ1v) is 12.8. The van der Waals surface area contributed by atoms with Crippen molar-refractivity contribution in [2.24, 2.45) is 0 Å². The predicted octanol–water partition coefficient (Wildman–Crippen LogP) is 8.62. The lowest BCUT2D eigenvalue weighted by Gasteiger charge is -2.20. The van der Waals surface area contributed by atoms with Crippen molar-refractivity contribution in [3.63, 3.8) is 0 Å². The van der Waals surface area contributed by atoms with Crippen LogP contribution in [0.5, 0.6) is 5.75 Å². The molecule has 1 heterocycles. The van der Waals surface area contributed by atoms with Gasteiger partial charge in [-0.3, -0.25) is 0 Å². The summed E-state index contributed by atoms with van der Waals surface area (Å²) in [5.74, 6) is 1.40. The predicted molar refractivity (Wildman–Crippen MR) is 140 cm³/mol. The van der Waals surface area contributed by atoms with Crippen molar-refractivity contribution in [2.75, 3.05) is 6.61 Å². The van der Waals surface area contributed by atoms with Crippen LogP contribution in [0.1, 0.15) is 77.7 Å². The second-order valence-electron chi connectivity index (χ2n) is 9.49. The van der Waals surface area contributed by atoms with Crippen LogP contribution in [0.3, 0.4) is 0 Å². The monoisotopic (exact) mass is 462 g/mol. The fraction of sp³-hybridized carbons (Fsp3) is 0.467. The minimum atomic E-state index is -1.30. The molecule has 4 heteroatoms. The van der Waals surface area contributed by atoms with Gasteiger partial charge in [-0.1, -0.05) is 88.8 Å². The van der Waals surface area contributed by atoms with Crippen LogP contribution in [-0.2, 0) is 6.42 Å². The van der Waals surface area contributed by atoms with Gasteiger partial charge in [0.2, 0.25) is 0 Å². The molecule has 0 bridgehead atoms. The van der Waals surface area contributed by atoms with Crippen LogP contribution in [0.4, 0.5) is 4.39 Å². The Balaban J connectivity index is 1.54. The smallest absolute Gasteiger partial charge is 0.159 e. The first-order valence-electron chi connectivity index (χ1n) is 12.8. The Hall–Kier alpha value is -2.75. The Bertz CT molecular complexity index is 966. The highest BCUT2D eigenvalue weighted by Crippen LogP contribution is 2.25. The Morgan fingerprint density at radius 3 is 2.00 bits per heavy atom. The molecule has 1 aromatic heterocycles. The molecule has 0 aliphatic carbocycles. The van der Waals surface area contributed by atoms with Gasteiger partial charge in [0, 0.05) is 23.5 Å². The maximum atomic E-state index is 14.6. The SMILES string of the molecule is CCCCCCc1ccc(-c2ncc(-c3ccc(OC[C@@](C)(F)CCCCC)cc3)cn2)cc1. The van der Waals surface area contributed by atoms with Crippen molar-refractivity contribution in [2.45, 2.75) is 84.2 Å². The van der Waals surface area contributed by atoms with Gasteiger partial charge in [-0.15, -0.1) is 0 Å². The summed E-state index contributed by atoms with van der Waals surface area (Å²) < 4.78 is 20.3. The van der Waals surface area contributed by atoms with Crippen molar-refractivity contribution in [3.05, 3.63) is 66.5 Å². The summed E-state index contributed by atoms with van der Waals surface area (Å²) in [7, 11) is 0. The van der Waals surface area contributed by atoms with Crippen LogP contribution in [0.15, 0.2) is 60.9 Å². The lowest BCUT2D eigenvalue weighted by molar-refractivity contribution is 0.0907. The number of alkyl halides is 1. The molecular weight excluding hydrogens is 423 g/mol. The van der Waals surface area contributed by atoms with Crippen molar-refractivity contribution in [1.29, 1.82) is 0 Å². The van der Waals surface area contributed by atoms with Crippen molar-refractivity contribution >= 4 is 0 Å². The van der Waals surface area contributed by atoms with Gasteiger partial charge in [0.15, 0.2) is 5.82 Å². The van der Waals surface area contributed by atoms with Crippen LogP contribution in [0, 0.1) is 0 Å². The molecule has 0 radical (unpaired) electrons.